The summed E-state index contributed by atoms with van der Waals surface area (Å²) < 4.78 is 15.4. The maximum absolute atomic E-state index is 14.2. The predicted octanol–water partition coefficient (Wildman–Crippen LogP) is 2.88. The number of carbonyl (C=O) groups excluding carboxylic acids is 1. The van der Waals surface area contributed by atoms with E-state index >= 15 is 0 Å². The van der Waals surface area contributed by atoms with Gasteiger partial charge in [0.2, 0.25) is 5.95 Å². The zero-order valence-corrected chi connectivity index (χ0v) is 16.5. The van der Waals surface area contributed by atoms with Crippen LogP contribution in [0.15, 0.2) is 42.9 Å². The molecule has 0 unspecified atom stereocenters. The topological polar surface area (TPSA) is 117 Å². The average Bonchev–Trinajstić information content (AvgIpc) is 3.43. The molecule has 0 saturated heterocycles. The third-order valence-electron chi connectivity index (χ3n) is 4.43. The van der Waals surface area contributed by atoms with E-state index in [1.807, 2.05) is 0 Å². The lowest BCUT2D eigenvalue weighted by molar-refractivity contribution is 0.225. The molecule has 1 aliphatic carbocycles. The van der Waals surface area contributed by atoms with E-state index in [0.717, 1.165) is 19.0 Å². The molecule has 1 aromatic carbocycles. The van der Waals surface area contributed by atoms with Gasteiger partial charge in [-0.3, -0.25) is 0 Å². The number of aromatic nitrogens is 4. The van der Waals surface area contributed by atoms with Crippen molar-refractivity contribution in [2.24, 2.45) is 0 Å². The number of nitrogens with zero attached hydrogens (tertiary/aromatic N) is 4. The van der Waals surface area contributed by atoms with Crippen molar-refractivity contribution in [2.45, 2.75) is 24.9 Å². The van der Waals surface area contributed by atoms with Crippen molar-refractivity contribution in [3.8, 4) is 5.82 Å². The molecule has 0 radical (unpaired) electrons. The molecule has 11 heteroatoms. The third kappa shape index (κ3) is 4.84. The van der Waals surface area contributed by atoms with Crippen LogP contribution in [0.1, 0.15) is 24.4 Å². The molecule has 2 amide bonds. The summed E-state index contributed by atoms with van der Waals surface area (Å²) in [6.07, 6.45) is 5.93. The van der Waals surface area contributed by atoms with Crippen molar-refractivity contribution >= 4 is 29.3 Å². The first kappa shape index (κ1) is 20.0. The first-order valence-electron chi connectivity index (χ1n) is 9.30. The highest BCUT2D eigenvalue weighted by Gasteiger charge is 2.23. The van der Waals surface area contributed by atoms with Crippen molar-refractivity contribution in [3.05, 3.63) is 59.3 Å². The van der Waals surface area contributed by atoms with Crippen molar-refractivity contribution in [2.75, 3.05) is 17.2 Å². The minimum absolute atomic E-state index is 0.0335. The summed E-state index contributed by atoms with van der Waals surface area (Å²) in [4.78, 5) is 20.4. The predicted molar refractivity (Wildman–Crippen MR) is 109 cm³/mol. The second-order valence-electron chi connectivity index (χ2n) is 6.85. The van der Waals surface area contributed by atoms with Crippen LogP contribution < -0.4 is 16.0 Å². The van der Waals surface area contributed by atoms with E-state index < -0.39 is 17.9 Å². The maximum Gasteiger partial charge on any atom is 0.319 e. The number of urea groups is 1. The van der Waals surface area contributed by atoms with Crippen LogP contribution in [0.3, 0.4) is 0 Å². The van der Waals surface area contributed by atoms with Crippen LogP contribution in [0.4, 0.5) is 20.8 Å². The van der Waals surface area contributed by atoms with Crippen LogP contribution >= 0.6 is 11.6 Å². The third-order valence-corrected chi connectivity index (χ3v) is 4.67. The van der Waals surface area contributed by atoms with Gasteiger partial charge in [0.05, 0.1) is 36.9 Å². The number of aliphatic hydroxyl groups is 1. The van der Waals surface area contributed by atoms with Gasteiger partial charge in [0.1, 0.15) is 0 Å². The average molecular weight is 432 g/mol. The number of rotatable bonds is 7. The number of carbonyl (C=O) groups is 1. The molecule has 30 heavy (non-hydrogen) atoms. The highest BCUT2D eigenvalue weighted by molar-refractivity contribution is 6.30. The molecule has 0 spiro atoms. The van der Waals surface area contributed by atoms with Crippen LogP contribution in [0.2, 0.25) is 5.02 Å². The van der Waals surface area contributed by atoms with E-state index in [0.29, 0.717) is 28.3 Å². The first-order valence-corrected chi connectivity index (χ1v) is 9.67. The highest BCUT2D eigenvalue weighted by Crippen LogP contribution is 2.24. The number of amides is 2. The molecule has 1 saturated carbocycles. The van der Waals surface area contributed by atoms with Gasteiger partial charge < -0.3 is 21.1 Å². The minimum Gasteiger partial charge on any atom is -0.394 e. The van der Waals surface area contributed by atoms with Crippen molar-refractivity contribution in [1.29, 1.82) is 0 Å². The molecular formula is C19H19ClFN7O2. The summed E-state index contributed by atoms with van der Waals surface area (Å²) in [5.41, 5.74) is 0.986. The normalized spacial score (nSPS) is 14.2. The van der Waals surface area contributed by atoms with Gasteiger partial charge >= 0.3 is 6.03 Å². The largest absolute Gasteiger partial charge is 0.394 e. The summed E-state index contributed by atoms with van der Waals surface area (Å²) in [6.45, 7) is -0.310. The van der Waals surface area contributed by atoms with E-state index in [4.69, 9.17) is 11.6 Å². The van der Waals surface area contributed by atoms with Crippen LogP contribution in [-0.2, 0) is 0 Å². The molecule has 2 heterocycles. The zero-order chi connectivity index (χ0) is 21.1. The van der Waals surface area contributed by atoms with Gasteiger partial charge in [-0.25, -0.2) is 18.9 Å². The van der Waals surface area contributed by atoms with Crippen molar-refractivity contribution in [3.63, 3.8) is 0 Å². The molecule has 1 atom stereocenters. The smallest absolute Gasteiger partial charge is 0.319 e. The molecule has 1 fully saturated rings. The Balaban J connectivity index is 1.43. The van der Waals surface area contributed by atoms with Gasteiger partial charge in [-0.15, -0.1) is 0 Å². The Labute approximate surface area is 176 Å². The summed E-state index contributed by atoms with van der Waals surface area (Å²) in [5, 5.41) is 22.5. The summed E-state index contributed by atoms with van der Waals surface area (Å²) >= 11 is 5.96. The lowest BCUT2D eigenvalue weighted by Crippen LogP contribution is -2.34. The van der Waals surface area contributed by atoms with Crippen LogP contribution in [0.5, 0.6) is 0 Å². The highest BCUT2D eigenvalue weighted by atomic mass is 35.5. The number of hydrogen-bond donors (Lipinski definition) is 4. The van der Waals surface area contributed by atoms with E-state index in [-0.39, 0.29) is 12.4 Å². The second-order valence-corrected chi connectivity index (χ2v) is 7.28. The number of hydrogen-bond acceptors (Lipinski definition) is 6. The first-order chi connectivity index (χ1) is 14.5. The molecule has 1 aliphatic rings. The van der Waals surface area contributed by atoms with Gasteiger partial charge in [0.25, 0.3) is 0 Å². The Morgan fingerprint density at radius 3 is 2.93 bits per heavy atom. The van der Waals surface area contributed by atoms with Gasteiger partial charge in [-0.1, -0.05) is 23.7 Å². The molecule has 4 rings (SSSR count). The molecular weight excluding hydrogens is 413 g/mol. The fourth-order valence-electron chi connectivity index (χ4n) is 2.78. The molecule has 9 nitrogen and oxygen atoms in total. The van der Waals surface area contributed by atoms with E-state index in [1.165, 1.54) is 17.1 Å². The Hall–Kier alpha value is -3.24. The van der Waals surface area contributed by atoms with Crippen LogP contribution in [-0.4, -0.2) is 43.5 Å². The number of aliphatic hydroxyl groups excluding tert-OH is 1. The molecule has 0 aliphatic heterocycles. The Morgan fingerprint density at radius 1 is 1.37 bits per heavy atom. The SMILES string of the molecule is O=C(Nc1cnn(-c2nc(NC3CC3)ncc2F)c1)N[C@H](CO)c1cccc(Cl)c1. The van der Waals surface area contributed by atoms with E-state index in [9.17, 15) is 14.3 Å². The fraction of sp³-hybridized carbons (Fsp3) is 0.263. The second kappa shape index (κ2) is 8.64. The van der Waals surface area contributed by atoms with E-state index in [2.05, 4.69) is 31.0 Å². The van der Waals surface area contributed by atoms with Crippen LogP contribution in [0.25, 0.3) is 5.82 Å². The number of halogens is 2. The Kier molecular flexibility index (Phi) is 5.77. The zero-order valence-electron chi connectivity index (χ0n) is 15.7. The maximum atomic E-state index is 14.2. The molecule has 2 aromatic heterocycles. The lowest BCUT2D eigenvalue weighted by atomic mass is 10.1. The quantitative estimate of drug-likeness (QED) is 0.457. The van der Waals surface area contributed by atoms with Gasteiger partial charge in [0, 0.05) is 11.1 Å². The summed E-state index contributed by atoms with van der Waals surface area (Å²) in [7, 11) is 0. The Bertz CT molecular complexity index is 1060. The van der Waals surface area contributed by atoms with E-state index in [1.54, 1.807) is 24.3 Å². The summed E-state index contributed by atoms with van der Waals surface area (Å²) in [6, 6.07) is 5.95. The van der Waals surface area contributed by atoms with Crippen LogP contribution in [0, 0.1) is 5.82 Å². The van der Waals surface area contributed by atoms with Gasteiger partial charge in [-0.2, -0.15) is 10.1 Å². The summed E-state index contributed by atoms with van der Waals surface area (Å²) in [5.74, 6) is -0.352. The molecule has 3 aromatic rings. The minimum atomic E-state index is -0.644. The standard InChI is InChI=1S/C19H19ClFN7O2/c20-12-3-1-2-11(6-12)16(10-29)26-19(30)25-14-7-23-28(9-14)17-15(21)8-22-18(27-17)24-13-4-5-13/h1-3,6-9,13,16,29H,4-5,10H2,(H,22,24,27)(H2,25,26,30)/t16-/m1/s1. The lowest BCUT2D eigenvalue weighted by Gasteiger charge is -2.17. The van der Waals surface area contributed by atoms with Gasteiger partial charge in [0.15, 0.2) is 11.6 Å². The van der Waals surface area contributed by atoms with Crippen molar-refractivity contribution < 1.29 is 14.3 Å². The molecule has 0 bridgehead atoms. The van der Waals surface area contributed by atoms with Gasteiger partial charge in [-0.05, 0) is 30.5 Å². The number of nitrogens with one attached hydrogen (secondary N) is 3. The number of anilines is 2. The fourth-order valence-corrected chi connectivity index (χ4v) is 2.98. The molecule has 156 valence electrons. The monoisotopic (exact) mass is 431 g/mol. The molecule has 4 N–H and O–H groups in total. The Morgan fingerprint density at radius 2 is 2.20 bits per heavy atom. The number of benzene rings is 1. The van der Waals surface area contributed by atoms with Crippen molar-refractivity contribution in [1.82, 2.24) is 25.1 Å².